The molecular weight excluding hydrogens is 302 g/mol. The molecule has 0 aromatic heterocycles. The van der Waals surface area contributed by atoms with Gasteiger partial charge in [0.25, 0.3) is 0 Å². The highest BCUT2D eigenvalue weighted by atomic mass is 16.5. The molecule has 3 aliphatic rings. The molecule has 0 spiro atoms. The van der Waals surface area contributed by atoms with Gasteiger partial charge in [-0.05, 0) is 56.1 Å². The normalized spacial score (nSPS) is 31.2. The Bertz CT molecular complexity index is 621. The van der Waals surface area contributed by atoms with Crippen LogP contribution in [0, 0.1) is 17.8 Å². The number of anilines is 1. The van der Waals surface area contributed by atoms with Crippen LogP contribution >= 0.6 is 0 Å². The zero-order valence-electron chi connectivity index (χ0n) is 13.9. The maximum absolute atomic E-state index is 12.6. The fourth-order valence-electron chi connectivity index (χ4n) is 4.12. The molecule has 1 aromatic carbocycles. The van der Waals surface area contributed by atoms with Crippen molar-refractivity contribution in [1.29, 1.82) is 0 Å². The highest BCUT2D eigenvalue weighted by molar-refractivity contribution is 5.94. The SMILES string of the molecule is O=C(Nc1ccccc1OC[C@H]1CCCCO1)[C@@H]1C[C@@H]2C=C[C@H]1C2. The van der Waals surface area contributed by atoms with E-state index in [0.29, 0.717) is 18.4 Å². The lowest BCUT2D eigenvalue weighted by Gasteiger charge is -2.23. The maximum Gasteiger partial charge on any atom is 0.228 e. The van der Waals surface area contributed by atoms with E-state index in [1.165, 1.54) is 6.42 Å². The van der Waals surface area contributed by atoms with Crippen molar-refractivity contribution in [3.8, 4) is 5.75 Å². The molecule has 1 aromatic rings. The second-order valence-electron chi connectivity index (χ2n) is 7.17. The summed E-state index contributed by atoms with van der Waals surface area (Å²) >= 11 is 0. The number of allylic oxidation sites excluding steroid dienone is 2. The van der Waals surface area contributed by atoms with Gasteiger partial charge in [-0.2, -0.15) is 0 Å². The summed E-state index contributed by atoms with van der Waals surface area (Å²) in [5.74, 6) is 1.98. The Morgan fingerprint density at radius 3 is 2.88 bits per heavy atom. The Hall–Kier alpha value is -1.81. The molecule has 128 valence electrons. The molecule has 1 saturated carbocycles. The lowest BCUT2D eigenvalue weighted by atomic mass is 9.93. The molecule has 1 saturated heterocycles. The molecule has 4 heteroatoms. The van der Waals surface area contributed by atoms with Gasteiger partial charge in [-0.25, -0.2) is 0 Å². The number of rotatable bonds is 5. The second kappa shape index (κ2) is 6.98. The second-order valence-corrected chi connectivity index (χ2v) is 7.17. The molecule has 4 atom stereocenters. The number of amides is 1. The van der Waals surface area contributed by atoms with Crippen LogP contribution in [0.3, 0.4) is 0 Å². The summed E-state index contributed by atoms with van der Waals surface area (Å²) in [6.07, 6.45) is 10.1. The Kier molecular flexibility index (Phi) is 4.56. The van der Waals surface area contributed by atoms with Gasteiger partial charge < -0.3 is 14.8 Å². The molecule has 0 unspecified atom stereocenters. The average Bonchev–Trinajstić information content (AvgIpc) is 3.25. The van der Waals surface area contributed by atoms with Crippen molar-refractivity contribution in [1.82, 2.24) is 0 Å². The van der Waals surface area contributed by atoms with E-state index in [2.05, 4.69) is 17.5 Å². The quantitative estimate of drug-likeness (QED) is 0.837. The first-order chi connectivity index (χ1) is 11.8. The van der Waals surface area contributed by atoms with E-state index < -0.39 is 0 Å². The van der Waals surface area contributed by atoms with Crippen LogP contribution in [0.2, 0.25) is 0 Å². The zero-order chi connectivity index (χ0) is 16.4. The summed E-state index contributed by atoms with van der Waals surface area (Å²) in [7, 11) is 0. The van der Waals surface area contributed by atoms with Crippen LogP contribution in [0.5, 0.6) is 5.75 Å². The van der Waals surface area contributed by atoms with Crippen molar-refractivity contribution in [3.05, 3.63) is 36.4 Å². The fourth-order valence-corrected chi connectivity index (χ4v) is 4.12. The summed E-state index contributed by atoms with van der Waals surface area (Å²) in [5, 5.41) is 3.09. The predicted octanol–water partition coefficient (Wildman–Crippen LogP) is 3.79. The Morgan fingerprint density at radius 1 is 1.21 bits per heavy atom. The average molecular weight is 327 g/mol. The molecule has 0 radical (unpaired) electrons. The van der Waals surface area contributed by atoms with Crippen LogP contribution in [0.25, 0.3) is 0 Å². The predicted molar refractivity (Wildman–Crippen MR) is 93.0 cm³/mol. The lowest BCUT2D eigenvalue weighted by Crippen LogP contribution is -2.27. The van der Waals surface area contributed by atoms with E-state index >= 15 is 0 Å². The third-order valence-corrected chi connectivity index (χ3v) is 5.46. The van der Waals surface area contributed by atoms with E-state index in [-0.39, 0.29) is 17.9 Å². The topological polar surface area (TPSA) is 47.6 Å². The number of para-hydroxylation sites is 2. The first-order valence-corrected chi connectivity index (χ1v) is 9.12. The number of hydrogen-bond donors (Lipinski definition) is 1. The summed E-state index contributed by atoms with van der Waals surface area (Å²) in [6, 6.07) is 7.70. The van der Waals surface area contributed by atoms with Crippen LogP contribution < -0.4 is 10.1 Å². The molecular formula is C20H25NO3. The summed E-state index contributed by atoms with van der Waals surface area (Å²) < 4.78 is 11.7. The van der Waals surface area contributed by atoms with Crippen molar-refractivity contribution < 1.29 is 14.3 Å². The largest absolute Gasteiger partial charge is 0.489 e. The summed E-state index contributed by atoms with van der Waals surface area (Å²) in [4.78, 5) is 12.6. The number of hydrogen-bond acceptors (Lipinski definition) is 3. The maximum atomic E-state index is 12.6. The first kappa shape index (κ1) is 15.7. The Balaban J connectivity index is 1.38. The van der Waals surface area contributed by atoms with Crippen molar-refractivity contribution in [2.24, 2.45) is 17.8 Å². The van der Waals surface area contributed by atoms with E-state index in [1.807, 2.05) is 24.3 Å². The molecule has 2 fully saturated rings. The smallest absolute Gasteiger partial charge is 0.228 e. The van der Waals surface area contributed by atoms with Crippen LogP contribution in [0.4, 0.5) is 5.69 Å². The number of nitrogens with one attached hydrogen (secondary N) is 1. The minimum atomic E-state index is 0.106. The summed E-state index contributed by atoms with van der Waals surface area (Å²) in [5.41, 5.74) is 0.769. The van der Waals surface area contributed by atoms with Gasteiger partial charge in [0.1, 0.15) is 12.4 Å². The number of carbonyl (C=O) groups is 1. The Morgan fingerprint density at radius 2 is 2.12 bits per heavy atom. The monoisotopic (exact) mass is 327 g/mol. The molecule has 1 N–H and O–H groups in total. The number of ether oxygens (including phenoxy) is 2. The van der Waals surface area contributed by atoms with Crippen LogP contribution in [-0.4, -0.2) is 25.2 Å². The molecule has 1 amide bonds. The molecule has 4 nitrogen and oxygen atoms in total. The minimum Gasteiger partial charge on any atom is -0.489 e. The number of carbonyl (C=O) groups excluding carboxylic acids is 1. The van der Waals surface area contributed by atoms with Crippen molar-refractivity contribution in [3.63, 3.8) is 0 Å². The van der Waals surface area contributed by atoms with Crippen molar-refractivity contribution >= 4 is 11.6 Å². The molecule has 2 bridgehead atoms. The molecule has 1 aliphatic heterocycles. The Labute approximate surface area is 143 Å². The standard InChI is InChI=1S/C20H25NO3/c22-20(17-12-14-8-9-15(17)11-14)21-18-6-1-2-7-19(18)24-13-16-5-3-4-10-23-16/h1-2,6-9,14-17H,3-5,10-13H2,(H,21,22)/t14-,15+,16-,17-/m1/s1. The molecule has 1 heterocycles. The lowest BCUT2D eigenvalue weighted by molar-refractivity contribution is -0.120. The van der Waals surface area contributed by atoms with Crippen molar-refractivity contribution in [2.45, 2.75) is 38.2 Å². The third kappa shape index (κ3) is 3.34. The van der Waals surface area contributed by atoms with Gasteiger partial charge in [-0.15, -0.1) is 0 Å². The van der Waals surface area contributed by atoms with Crippen LogP contribution in [0.15, 0.2) is 36.4 Å². The van der Waals surface area contributed by atoms with E-state index in [1.54, 1.807) is 0 Å². The van der Waals surface area contributed by atoms with E-state index in [0.717, 1.165) is 43.7 Å². The van der Waals surface area contributed by atoms with Gasteiger partial charge in [0, 0.05) is 12.5 Å². The fraction of sp³-hybridized carbons (Fsp3) is 0.550. The van der Waals surface area contributed by atoms with Gasteiger partial charge >= 0.3 is 0 Å². The molecule has 4 rings (SSSR count). The van der Waals surface area contributed by atoms with Gasteiger partial charge in [0.05, 0.1) is 11.8 Å². The van der Waals surface area contributed by atoms with Gasteiger partial charge in [-0.3, -0.25) is 4.79 Å². The highest BCUT2D eigenvalue weighted by Crippen LogP contribution is 2.44. The minimum absolute atomic E-state index is 0.106. The van der Waals surface area contributed by atoms with Crippen LogP contribution in [-0.2, 0) is 9.53 Å². The third-order valence-electron chi connectivity index (χ3n) is 5.46. The summed E-state index contributed by atoms with van der Waals surface area (Å²) in [6.45, 7) is 1.37. The number of benzene rings is 1. The van der Waals surface area contributed by atoms with Crippen LogP contribution in [0.1, 0.15) is 32.1 Å². The van der Waals surface area contributed by atoms with Crippen molar-refractivity contribution in [2.75, 3.05) is 18.5 Å². The zero-order valence-corrected chi connectivity index (χ0v) is 13.9. The van der Waals surface area contributed by atoms with E-state index in [4.69, 9.17) is 9.47 Å². The van der Waals surface area contributed by atoms with Gasteiger partial charge in [0.2, 0.25) is 5.91 Å². The number of fused-ring (bicyclic) bond motifs is 2. The van der Waals surface area contributed by atoms with E-state index in [9.17, 15) is 4.79 Å². The van der Waals surface area contributed by atoms with Gasteiger partial charge in [0.15, 0.2) is 0 Å². The molecule has 2 aliphatic carbocycles. The van der Waals surface area contributed by atoms with Gasteiger partial charge in [-0.1, -0.05) is 24.3 Å². The molecule has 24 heavy (non-hydrogen) atoms. The first-order valence-electron chi connectivity index (χ1n) is 9.12. The highest BCUT2D eigenvalue weighted by Gasteiger charge is 2.39.